The number of hydrogen-bond donors (Lipinski definition) is 2. The molecular weight excluding hydrogens is 234 g/mol. The molecule has 5 nitrogen and oxygen atoms in total. The number of benzene rings is 1. The van der Waals surface area contributed by atoms with Crippen LogP contribution in [0.3, 0.4) is 0 Å². The fraction of sp³-hybridized carbons (Fsp3) is 0.538. The Morgan fingerprint density at radius 2 is 2.06 bits per heavy atom. The summed E-state index contributed by atoms with van der Waals surface area (Å²) in [5.41, 5.74) is 0.973. The van der Waals surface area contributed by atoms with Gasteiger partial charge in [-0.3, -0.25) is 0 Å². The zero-order chi connectivity index (χ0) is 13.4. The van der Waals surface area contributed by atoms with Crippen LogP contribution < -0.4 is 14.8 Å². The molecule has 1 atom stereocenters. The first-order valence-corrected chi connectivity index (χ1v) is 5.93. The summed E-state index contributed by atoms with van der Waals surface area (Å²) in [5.74, 6) is 1.40. The van der Waals surface area contributed by atoms with Crippen LogP contribution >= 0.6 is 0 Å². The number of para-hydroxylation sites is 1. The molecule has 0 radical (unpaired) electrons. The molecule has 18 heavy (non-hydrogen) atoms. The van der Waals surface area contributed by atoms with E-state index < -0.39 is 6.29 Å². The van der Waals surface area contributed by atoms with Crippen molar-refractivity contribution in [2.24, 2.45) is 0 Å². The average Bonchev–Trinajstić information content (AvgIpc) is 2.38. The van der Waals surface area contributed by atoms with E-state index in [-0.39, 0.29) is 0 Å². The summed E-state index contributed by atoms with van der Waals surface area (Å²) >= 11 is 0. The zero-order valence-corrected chi connectivity index (χ0v) is 11.1. The standard InChI is InChI=1S/C13H21NO4/c1-4-18-12(15)9-14-8-10-6-5-7-11(16-2)13(10)17-3/h5-7,12,14-15H,4,8-9H2,1-3H3. The van der Waals surface area contributed by atoms with E-state index in [2.05, 4.69) is 5.32 Å². The van der Waals surface area contributed by atoms with Gasteiger partial charge in [-0.15, -0.1) is 0 Å². The van der Waals surface area contributed by atoms with E-state index in [0.717, 1.165) is 5.56 Å². The van der Waals surface area contributed by atoms with Gasteiger partial charge in [-0.25, -0.2) is 0 Å². The van der Waals surface area contributed by atoms with Gasteiger partial charge in [0.15, 0.2) is 17.8 Å². The quantitative estimate of drug-likeness (QED) is 0.682. The Kier molecular flexibility index (Phi) is 6.49. The summed E-state index contributed by atoms with van der Waals surface area (Å²) < 4.78 is 15.5. The predicted molar refractivity (Wildman–Crippen MR) is 68.9 cm³/mol. The largest absolute Gasteiger partial charge is 0.493 e. The zero-order valence-electron chi connectivity index (χ0n) is 11.1. The summed E-state index contributed by atoms with van der Waals surface area (Å²) in [6.45, 7) is 3.28. The molecule has 0 bridgehead atoms. The number of nitrogens with one attached hydrogen (secondary N) is 1. The van der Waals surface area contributed by atoms with Crippen LogP contribution in [0.1, 0.15) is 12.5 Å². The fourth-order valence-corrected chi connectivity index (χ4v) is 1.67. The maximum atomic E-state index is 9.41. The third-order valence-corrected chi connectivity index (χ3v) is 2.48. The van der Waals surface area contributed by atoms with Crippen molar-refractivity contribution < 1.29 is 19.3 Å². The van der Waals surface area contributed by atoms with Crippen molar-refractivity contribution in [2.75, 3.05) is 27.4 Å². The number of aliphatic hydroxyl groups is 1. The van der Waals surface area contributed by atoms with Gasteiger partial charge in [-0.2, -0.15) is 0 Å². The molecule has 0 spiro atoms. The molecule has 102 valence electrons. The Hall–Kier alpha value is -1.30. The van der Waals surface area contributed by atoms with Crippen LogP contribution in [0.25, 0.3) is 0 Å². The number of aliphatic hydroxyl groups excluding tert-OH is 1. The van der Waals surface area contributed by atoms with Gasteiger partial charge in [0, 0.05) is 25.3 Å². The van der Waals surface area contributed by atoms with Gasteiger partial charge >= 0.3 is 0 Å². The highest BCUT2D eigenvalue weighted by atomic mass is 16.6. The lowest BCUT2D eigenvalue weighted by Crippen LogP contribution is -2.28. The molecule has 0 amide bonds. The SMILES string of the molecule is CCOC(O)CNCc1cccc(OC)c1OC. The monoisotopic (exact) mass is 255 g/mol. The molecule has 1 unspecified atom stereocenters. The van der Waals surface area contributed by atoms with Gasteiger partial charge < -0.3 is 24.6 Å². The van der Waals surface area contributed by atoms with Gasteiger partial charge in [0.05, 0.1) is 14.2 Å². The van der Waals surface area contributed by atoms with Crippen LogP contribution in [0.15, 0.2) is 18.2 Å². The van der Waals surface area contributed by atoms with Crippen LogP contribution in [-0.4, -0.2) is 38.8 Å². The Bertz CT molecular complexity index is 357. The summed E-state index contributed by atoms with van der Waals surface area (Å²) in [4.78, 5) is 0. The molecule has 1 aromatic rings. The molecule has 0 aromatic heterocycles. The first-order chi connectivity index (χ1) is 8.72. The predicted octanol–water partition coefficient (Wildman–Crippen LogP) is 1.15. The second-order valence-electron chi connectivity index (χ2n) is 3.69. The van der Waals surface area contributed by atoms with Crippen molar-refractivity contribution >= 4 is 0 Å². The number of methoxy groups -OCH3 is 2. The molecule has 2 N–H and O–H groups in total. The van der Waals surface area contributed by atoms with E-state index in [0.29, 0.717) is 31.2 Å². The highest BCUT2D eigenvalue weighted by Crippen LogP contribution is 2.30. The van der Waals surface area contributed by atoms with Crippen molar-refractivity contribution in [2.45, 2.75) is 19.8 Å². The Morgan fingerprint density at radius 3 is 2.67 bits per heavy atom. The molecule has 5 heteroatoms. The number of ether oxygens (including phenoxy) is 3. The summed E-state index contributed by atoms with van der Waals surface area (Å²) in [7, 11) is 3.21. The van der Waals surface area contributed by atoms with Crippen molar-refractivity contribution in [3.8, 4) is 11.5 Å². The van der Waals surface area contributed by atoms with Crippen LogP contribution in [0.4, 0.5) is 0 Å². The topological polar surface area (TPSA) is 60.0 Å². The van der Waals surface area contributed by atoms with E-state index in [9.17, 15) is 5.11 Å². The van der Waals surface area contributed by atoms with Gasteiger partial charge in [0.25, 0.3) is 0 Å². The first kappa shape index (κ1) is 14.8. The lowest BCUT2D eigenvalue weighted by atomic mass is 10.2. The first-order valence-electron chi connectivity index (χ1n) is 5.93. The van der Waals surface area contributed by atoms with Crippen LogP contribution in [-0.2, 0) is 11.3 Å². The lowest BCUT2D eigenvalue weighted by molar-refractivity contribution is -0.0914. The second kappa shape index (κ2) is 7.92. The van der Waals surface area contributed by atoms with Crippen molar-refractivity contribution in [3.63, 3.8) is 0 Å². The third kappa shape index (κ3) is 4.18. The highest BCUT2D eigenvalue weighted by molar-refractivity contribution is 5.46. The average molecular weight is 255 g/mol. The molecule has 1 aromatic carbocycles. The van der Waals surface area contributed by atoms with Gasteiger partial charge in [-0.1, -0.05) is 12.1 Å². The molecule has 0 heterocycles. The number of rotatable bonds is 8. The molecule has 0 saturated carbocycles. The van der Waals surface area contributed by atoms with E-state index in [1.807, 2.05) is 25.1 Å². The molecular formula is C13H21NO4. The lowest BCUT2D eigenvalue weighted by Gasteiger charge is -2.15. The van der Waals surface area contributed by atoms with Gasteiger partial charge in [-0.05, 0) is 13.0 Å². The van der Waals surface area contributed by atoms with E-state index in [4.69, 9.17) is 14.2 Å². The highest BCUT2D eigenvalue weighted by Gasteiger charge is 2.09. The molecule has 0 fully saturated rings. The van der Waals surface area contributed by atoms with Crippen LogP contribution in [0, 0.1) is 0 Å². The summed E-state index contributed by atoms with van der Waals surface area (Å²) in [6, 6.07) is 5.69. The normalized spacial score (nSPS) is 12.2. The van der Waals surface area contributed by atoms with E-state index in [1.165, 1.54) is 0 Å². The Labute approximate surface area is 108 Å². The summed E-state index contributed by atoms with van der Waals surface area (Å²) in [5, 5.41) is 12.5. The van der Waals surface area contributed by atoms with Gasteiger partial charge in [0.2, 0.25) is 0 Å². The van der Waals surface area contributed by atoms with Crippen molar-refractivity contribution in [1.82, 2.24) is 5.32 Å². The minimum Gasteiger partial charge on any atom is -0.493 e. The maximum Gasteiger partial charge on any atom is 0.167 e. The Morgan fingerprint density at radius 1 is 1.28 bits per heavy atom. The second-order valence-corrected chi connectivity index (χ2v) is 3.69. The van der Waals surface area contributed by atoms with Gasteiger partial charge in [0.1, 0.15) is 0 Å². The molecule has 0 aliphatic rings. The minimum absolute atomic E-state index is 0.369. The number of hydrogen-bond acceptors (Lipinski definition) is 5. The molecule has 0 aliphatic heterocycles. The molecule has 0 saturated heterocycles. The minimum atomic E-state index is -0.786. The summed E-state index contributed by atoms with van der Waals surface area (Å²) in [6.07, 6.45) is -0.786. The van der Waals surface area contributed by atoms with Crippen molar-refractivity contribution in [1.29, 1.82) is 0 Å². The fourth-order valence-electron chi connectivity index (χ4n) is 1.67. The third-order valence-electron chi connectivity index (χ3n) is 2.48. The van der Waals surface area contributed by atoms with Crippen LogP contribution in [0.5, 0.6) is 11.5 Å². The maximum absolute atomic E-state index is 9.41. The van der Waals surface area contributed by atoms with E-state index in [1.54, 1.807) is 14.2 Å². The smallest absolute Gasteiger partial charge is 0.167 e. The van der Waals surface area contributed by atoms with Crippen molar-refractivity contribution in [3.05, 3.63) is 23.8 Å². The van der Waals surface area contributed by atoms with E-state index >= 15 is 0 Å². The Balaban J connectivity index is 2.56. The molecule has 1 rings (SSSR count). The van der Waals surface area contributed by atoms with Crippen LogP contribution in [0.2, 0.25) is 0 Å². The molecule has 0 aliphatic carbocycles.